The average molecular weight is 294 g/mol. The van der Waals surface area contributed by atoms with Gasteiger partial charge in [0, 0.05) is 19.1 Å². The van der Waals surface area contributed by atoms with Gasteiger partial charge in [0.05, 0.1) is 0 Å². The minimum atomic E-state index is -0.337. The number of hydrogen-bond acceptors (Lipinski definition) is 4. The van der Waals surface area contributed by atoms with Crippen LogP contribution < -0.4 is 22.3 Å². The second-order valence-corrected chi connectivity index (χ2v) is 6.02. The Bertz CT molecular complexity index is 620. The number of nitrogens with two attached hydrogens (primary N) is 1. The molecule has 0 saturated heterocycles. The lowest BCUT2D eigenvalue weighted by Crippen LogP contribution is -2.48. The molecule has 1 aromatic heterocycles. The van der Waals surface area contributed by atoms with Crippen molar-refractivity contribution < 1.29 is 0 Å². The van der Waals surface area contributed by atoms with Crippen molar-refractivity contribution >= 4 is 11.5 Å². The zero-order valence-electron chi connectivity index (χ0n) is 13.2. The van der Waals surface area contributed by atoms with Gasteiger partial charge in [-0.1, -0.05) is 20.3 Å². The molecule has 1 aliphatic carbocycles. The number of unbranched alkanes of at least 4 members (excludes halogenated alkanes) is 1. The molecule has 1 heterocycles. The van der Waals surface area contributed by atoms with Crippen LogP contribution in [0.15, 0.2) is 9.59 Å². The summed E-state index contributed by atoms with van der Waals surface area (Å²) >= 11 is 0. The number of anilines is 2. The van der Waals surface area contributed by atoms with E-state index in [2.05, 4.69) is 19.2 Å². The molecule has 21 heavy (non-hydrogen) atoms. The summed E-state index contributed by atoms with van der Waals surface area (Å²) in [6.45, 7) is 4.71. The highest BCUT2D eigenvalue weighted by atomic mass is 16.2. The number of rotatable bonds is 6. The van der Waals surface area contributed by atoms with Gasteiger partial charge in [0.2, 0.25) is 0 Å². The van der Waals surface area contributed by atoms with Gasteiger partial charge in [-0.05, 0) is 32.1 Å². The average Bonchev–Trinajstić information content (AvgIpc) is 2.44. The molecule has 0 spiro atoms. The SMILES string of the molecule is CCCCn1c(N)c(NC2(CC)CCC2)c(=O)n(C)c1=O. The summed E-state index contributed by atoms with van der Waals surface area (Å²) in [6, 6.07) is 0. The lowest BCUT2D eigenvalue weighted by atomic mass is 9.75. The largest absolute Gasteiger partial charge is 0.383 e. The number of nitrogen functional groups attached to an aromatic ring is 1. The van der Waals surface area contributed by atoms with Crippen molar-refractivity contribution in [2.45, 2.75) is 64.5 Å². The van der Waals surface area contributed by atoms with Gasteiger partial charge < -0.3 is 11.1 Å². The molecular formula is C15H26N4O2. The van der Waals surface area contributed by atoms with Crippen molar-refractivity contribution in [2.24, 2.45) is 7.05 Å². The summed E-state index contributed by atoms with van der Waals surface area (Å²) in [5.74, 6) is 0.274. The number of aromatic nitrogens is 2. The van der Waals surface area contributed by atoms with Crippen LogP contribution in [0.2, 0.25) is 0 Å². The minimum absolute atomic E-state index is 0.0345. The van der Waals surface area contributed by atoms with E-state index in [1.807, 2.05) is 0 Å². The maximum absolute atomic E-state index is 12.4. The van der Waals surface area contributed by atoms with Crippen LogP contribution in [0, 0.1) is 0 Å². The van der Waals surface area contributed by atoms with Crippen molar-refractivity contribution in [1.29, 1.82) is 0 Å². The Hall–Kier alpha value is -1.72. The van der Waals surface area contributed by atoms with E-state index in [1.165, 1.54) is 11.6 Å². The van der Waals surface area contributed by atoms with E-state index in [1.54, 1.807) is 0 Å². The lowest BCUT2D eigenvalue weighted by Gasteiger charge is -2.43. The van der Waals surface area contributed by atoms with E-state index in [-0.39, 0.29) is 22.6 Å². The Morgan fingerprint density at radius 3 is 2.43 bits per heavy atom. The fourth-order valence-electron chi connectivity index (χ4n) is 2.87. The molecule has 0 amide bonds. The molecule has 118 valence electrons. The first-order chi connectivity index (χ1) is 9.95. The second-order valence-electron chi connectivity index (χ2n) is 6.02. The van der Waals surface area contributed by atoms with E-state index in [0.29, 0.717) is 12.2 Å². The van der Waals surface area contributed by atoms with E-state index in [0.717, 1.165) is 43.1 Å². The molecule has 6 heteroatoms. The Labute approximate surface area is 125 Å². The molecule has 0 aromatic carbocycles. The molecule has 0 aliphatic heterocycles. The number of nitrogens with one attached hydrogen (secondary N) is 1. The predicted octanol–water partition coefficient (Wildman–Crippen LogP) is 1.67. The smallest absolute Gasteiger partial charge is 0.332 e. The monoisotopic (exact) mass is 294 g/mol. The van der Waals surface area contributed by atoms with Crippen LogP contribution in [0.3, 0.4) is 0 Å². The highest BCUT2D eigenvalue weighted by Gasteiger charge is 2.36. The van der Waals surface area contributed by atoms with Crippen LogP contribution in [0.4, 0.5) is 11.5 Å². The van der Waals surface area contributed by atoms with Gasteiger partial charge in [0.25, 0.3) is 5.56 Å². The van der Waals surface area contributed by atoms with Crippen molar-refractivity contribution in [3.63, 3.8) is 0 Å². The first-order valence-electron chi connectivity index (χ1n) is 7.83. The van der Waals surface area contributed by atoms with Gasteiger partial charge in [-0.2, -0.15) is 0 Å². The molecule has 1 fully saturated rings. The molecule has 1 aliphatic rings. The molecule has 1 saturated carbocycles. The van der Waals surface area contributed by atoms with Crippen LogP contribution in [-0.2, 0) is 13.6 Å². The number of hydrogen-bond donors (Lipinski definition) is 2. The Balaban J connectivity index is 2.47. The van der Waals surface area contributed by atoms with Gasteiger partial charge in [0.1, 0.15) is 11.5 Å². The number of nitrogens with zero attached hydrogens (tertiary/aromatic N) is 2. The van der Waals surface area contributed by atoms with E-state index >= 15 is 0 Å². The Kier molecular flexibility index (Phi) is 4.44. The maximum atomic E-state index is 12.4. The molecule has 0 radical (unpaired) electrons. The van der Waals surface area contributed by atoms with Crippen LogP contribution in [-0.4, -0.2) is 14.7 Å². The van der Waals surface area contributed by atoms with Gasteiger partial charge in [-0.3, -0.25) is 13.9 Å². The fourth-order valence-corrected chi connectivity index (χ4v) is 2.87. The van der Waals surface area contributed by atoms with E-state index in [4.69, 9.17) is 5.73 Å². The van der Waals surface area contributed by atoms with Crippen LogP contribution in [0.5, 0.6) is 0 Å². The van der Waals surface area contributed by atoms with Gasteiger partial charge in [-0.15, -0.1) is 0 Å². The Morgan fingerprint density at radius 2 is 1.95 bits per heavy atom. The third-order valence-corrected chi connectivity index (χ3v) is 4.70. The minimum Gasteiger partial charge on any atom is -0.383 e. The molecule has 0 atom stereocenters. The zero-order chi connectivity index (χ0) is 15.6. The summed E-state index contributed by atoms with van der Waals surface area (Å²) in [7, 11) is 1.51. The third kappa shape index (κ3) is 2.71. The standard InChI is InChI=1S/C15H26N4O2/c1-4-6-10-19-12(16)11(13(20)18(3)14(19)21)17-15(5-2)8-7-9-15/h17H,4-10,16H2,1-3H3. The highest BCUT2D eigenvalue weighted by molar-refractivity contribution is 5.62. The highest BCUT2D eigenvalue weighted by Crippen LogP contribution is 2.38. The topological polar surface area (TPSA) is 82.0 Å². The zero-order valence-corrected chi connectivity index (χ0v) is 13.2. The van der Waals surface area contributed by atoms with Crippen molar-refractivity contribution in [3.05, 3.63) is 20.8 Å². The second kappa shape index (κ2) is 5.95. The van der Waals surface area contributed by atoms with Crippen LogP contribution in [0.25, 0.3) is 0 Å². The summed E-state index contributed by atoms with van der Waals surface area (Å²) < 4.78 is 2.66. The quantitative estimate of drug-likeness (QED) is 0.836. The fraction of sp³-hybridized carbons (Fsp3) is 0.733. The first kappa shape index (κ1) is 15.7. The maximum Gasteiger partial charge on any atom is 0.332 e. The van der Waals surface area contributed by atoms with Gasteiger partial charge >= 0.3 is 5.69 Å². The van der Waals surface area contributed by atoms with Crippen molar-refractivity contribution in [1.82, 2.24) is 9.13 Å². The summed E-state index contributed by atoms with van der Waals surface area (Å²) in [5, 5.41) is 3.34. The van der Waals surface area contributed by atoms with E-state index < -0.39 is 0 Å². The summed E-state index contributed by atoms with van der Waals surface area (Å²) in [6.07, 6.45) is 6.03. The molecule has 1 aromatic rings. The van der Waals surface area contributed by atoms with E-state index in [9.17, 15) is 9.59 Å². The molecule has 3 N–H and O–H groups in total. The van der Waals surface area contributed by atoms with Crippen molar-refractivity contribution in [3.8, 4) is 0 Å². The normalized spacial score (nSPS) is 16.5. The van der Waals surface area contributed by atoms with Crippen LogP contribution >= 0.6 is 0 Å². The molecule has 6 nitrogen and oxygen atoms in total. The predicted molar refractivity (Wildman–Crippen MR) is 85.8 cm³/mol. The van der Waals surface area contributed by atoms with Gasteiger partial charge in [0.15, 0.2) is 0 Å². The molecule has 0 bridgehead atoms. The molecule has 2 rings (SSSR count). The Morgan fingerprint density at radius 1 is 1.29 bits per heavy atom. The lowest BCUT2D eigenvalue weighted by molar-refractivity contribution is 0.269. The van der Waals surface area contributed by atoms with Gasteiger partial charge in [-0.25, -0.2) is 4.79 Å². The van der Waals surface area contributed by atoms with Crippen LogP contribution in [0.1, 0.15) is 52.4 Å². The third-order valence-electron chi connectivity index (χ3n) is 4.70. The summed E-state index contributed by atoms with van der Waals surface area (Å²) in [5.41, 5.74) is 5.81. The molecule has 0 unspecified atom stereocenters. The first-order valence-corrected chi connectivity index (χ1v) is 7.83. The van der Waals surface area contributed by atoms with Crippen molar-refractivity contribution in [2.75, 3.05) is 11.1 Å². The summed E-state index contributed by atoms with van der Waals surface area (Å²) in [4.78, 5) is 24.6. The molecular weight excluding hydrogens is 268 g/mol.